The summed E-state index contributed by atoms with van der Waals surface area (Å²) in [6, 6.07) is 8.66. The largest absolute Gasteiger partial charge is 0.299 e. The van der Waals surface area contributed by atoms with Crippen LogP contribution in [0.1, 0.15) is 33.6 Å². The third kappa shape index (κ3) is 5.86. The molecular formula is C17H24N4O3S2. The normalized spacial score (nSPS) is 12.9. The van der Waals surface area contributed by atoms with Crippen LogP contribution in [-0.4, -0.2) is 36.3 Å². The van der Waals surface area contributed by atoms with E-state index < -0.39 is 22.0 Å². The molecule has 0 aliphatic rings. The summed E-state index contributed by atoms with van der Waals surface area (Å²) < 4.78 is 26.8. The number of anilines is 1. The molecule has 1 aromatic carbocycles. The molecule has 1 unspecified atom stereocenters. The first-order valence-electron chi connectivity index (χ1n) is 8.52. The highest BCUT2D eigenvalue weighted by atomic mass is 32.2. The number of benzene rings is 1. The molecule has 26 heavy (non-hydrogen) atoms. The third-order valence-corrected chi connectivity index (χ3v) is 6.03. The molecule has 0 spiro atoms. The number of sulfonamides is 1. The Morgan fingerprint density at radius 2 is 1.88 bits per heavy atom. The molecule has 1 aromatic heterocycles. The first kappa shape index (κ1) is 20.5. The maximum atomic E-state index is 12.6. The minimum atomic E-state index is -3.51. The SMILES string of the molecule is CCCCS(=O)(=O)NC(C(=O)Nc1nnc(-c2ccccc2)s1)C(C)C. The molecule has 2 N–H and O–H groups in total. The topological polar surface area (TPSA) is 101 Å². The van der Waals surface area contributed by atoms with Gasteiger partial charge >= 0.3 is 0 Å². The summed E-state index contributed by atoms with van der Waals surface area (Å²) in [5.41, 5.74) is 0.908. The Bertz CT molecular complexity index is 820. The molecule has 1 amide bonds. The summed E-state index contributed by atoms with van der Waals surface area (Å²) in [7, 11) is -3.51. The van der Waals surface area contributed by atoms with Crippen LogP contribution >= 0.6 is 11.3 Å². The van der Waals surface area contributed by atoms with Crippen molar-refractivity contribution in [1.82, 2.24) is 14.9 Å². The summed E-state index contributed by atoms with van der Waals surface area (Å²) in [6.07, 6.45) is 1.32. The second kappa shape index (κ2) is 9.20. The second-order valence-corrected chi connectivity index (χ2v) is 9.13. The molecule has 1 atom stereocenters. The summed E-state index contributed by atoms with van der Waals surface area (Å²) in [5.74, 6) is -0.625. The second-order valence-electron chi connectivity index (χ2n) is 6.28. The molecule has 7 nitrogen and oxygen atoms in total. The van der Waals surface area contributed by atoms with Crippen molar-refractivity contribution < 1.29 is 13.2 Å². The van der Waals surface area contributed by atoms with E-state index in [9.17, 15) is 13.2 Å². The first-order chi connectivity index (χ1) is 12.3. The Morgan fingerprint density at radius 3 is 2.50 bits per heavy atom. The van der Waals surface area contributed by atoms with Crippen molar-refractivity contribution in [3.63, 3.8) is 0 Å². The number of hydrogen-bond donors (Lipinski definition) is 2. The number of carbonyl (C=O) groups excluding carboxylic acids is 1. The van der Waals surface area contributed by atoms with Crippen LogP contribution in [0.2, 0.25) is 0 Å². The Kier molecular flexibility index (Phi) is 7.24. The molecule has 9 heteroatoms. The fourth-order valence-electron chi connectivity index (χ4n) is 2.23. The van der Waals surface area contributed by atoms with Gasteiger partial charge < -0.3 is 0 Å². The van der Waals surface area contributed by atoms with Gasteiger partial charge in [-0.3, -0.25) is 10.1 Å². The highest BCUT2D eigenvalue weighted by Gasteiger charge is 2.27. The maximum Gasteiger partial charge on any atom is 0.244 e. The monoisotopic (exact) mass is 396 g/mol. The molecule has 2 aromatic rings. The van der Waals surface area contributed by atoms with E-state index in [4.69, 9.17) is 0 Å². The van der Waals surface area contributed by atoms with Crippen LogP contribution in [0.15, 0.2) is 30.3 Å². The number of amides is 1. The van der Waals surface area contributed by atoms with Gasteiger partial charge in [0.05, 0.1) is 5.75 Å². The Morgan fingerprint density at radius 1 is 1.19 bits per heavy atom. The van der Waals surface area contributed by atoms with Crippen molar-refractivity contribution in [3.8, 4) is 10.6 Å². The van der Waals surface area contributed by atoms with E-state index >= 15 is 0 Å². The number of rotatable bonds is 9. The summed E-state index contributed by atoms with van der Waals surface area (Å²) in [6.45, 7) is 5.51. The van der Waals surface area contributed by atoms with Crippen molar-refractivity contribution in [2.24, 2.45) is 5.92 Å². The van der Waals surface area contributed by atoms with Crippen molar-refractivity contribution in [1.29, 1.82) is 0 Å². The van der Waals surface area contributed by atoms with Gasteiger partial charge in [0.25, 0.3) is 0 Å². The van der Waals surface area contributed by atoms with Gasteiger partial charge in [0.2, 0.25) is 21.1 Å². The quantitative estimate of drug-likeness (QED) is 0.679. The average molecular weight is 397 g/mol. The van der Waals surface area contributed by atoms with E-state index in [1.54, 1.807) is 13.8 Å². The number of carbonyl (C=O) groups is 1. The Hall–Kier alpha value is -1.84. The maximum absolute atomic E-state index is 12.6. The molecule has 0 saturated carbocycles. The minimum absolute atomic E-state index is 0.0109. The Labute approximate surface area is 158 Å². The smallest absolute Gasteiger partial charge is 0.244 e. The van der Waals surface area contributed by atoms with Crippen LogP contribution in [0.4, 0.5) is 5.13 Å². The molecule has 142 valence electrons. The highest BCUT2D eigenvalue weighted by molar-refractivity contribution is 7.89. The number of hydrogen-bond acceptors (Lipinski definition) is 6. The van der Waals surface area contributed by atoms with Gasteiger partial charge in [-0.2, -0.15) is 0 Å². The predicted molar refractivity (Wildman–Crippen MR) is 104 cm³/mol. The number of aromatic nitrogens is 2. The molecule has 0 aliphatic heterocycles. The zero-order chi connectivity index (χ0) is 19.2. The minimum Gasteiger partial charge on any atom is -0.299 e. The van der Waals surface area contributed by atoms with E-state index in [0.29, 0.717) is 16.6 Å². The van der Waals surface area contributed by atoms with Crippen molar-refractivity contribution in [2.75, 3.05) is 11.1 Å². The van der Waals surface area contributed by atoms with Crippen molar-refractivity contribution in [3.05, 3.63) is 30.3 Å². The zero-order valence-electron chi connectivity index (χ0n) is 15.1. The van der Waals surface area contributed by atoms with Gasteiger partial charge in [0.1, 0.15) is 11.0 Å². The van der Waals surface area contributed by atoms with Gasteiger partial charge in [-0.15, -0.1) is 10.2 Å². The first-order valence-corrected chi connectivity index (χ1v) is 11.0. The molecule has 0 fully saturated rings. The van der Waals surface area contributed by atoms with Crippen LogP contribution in [0.25, 0.3) is 10.6 Å². The van der Waals surface area contributed by atoms with Crippen LogP contribution < -0.4 is 10.0 Å². The lowest BCUT2D eigenvalue weighted by atomic mass is 10.1. The molecule has 1 heterocycles. The van der Waals surface area contributed by atoms with E-state index in [1.807, 2.05) is 37.3 Å². The number of nitrogens with one attached hydrogen (secondary N) is 2. The van der Waals surface area contributed by atoms with Crippen LogP contribution in [0, 0.1) is 5.92 Å². The van der Waals surface area contributed by atoms with E-state index in [-0.39, 0.29) is 11.7 Å². The lowest BCUT2D eigenvalue weighted by molar-refractivity contribution is -0.118. The van der Waals surface area contributed by atoms with E-state index in [2.05, 4.69) is 20.2 Å². The van der Waals surface area contributed by atoms with Gasteiger partial charge in [0.15, 0.2) is 0 Å². The van der Waals surface area contributed by atoms with Gasteiger partial charge in [0, 0.05) is 5.56 Å². The lowest BCUT2D eigenvalue weighted by Crippen LogP contribution is -2.47. The summed E-state index contributed by atoms with van der Waals surface area (Å²) >= 11 is 1.24. The summed E-state index contributed by atoms with van der Waals surface area (Å²) in [4.78, 5) is 12.6. The zero-order valence-corrected chi connectivity index (χ0v) is 16.7. The molecular weight excluding hydrogens is 372 g/mol. The Balaban J connectivity index is 2.07. The number of unbranched alkanes of at least 4 members (excludes halogenated alkanes) is 1. The highest BCUT2D eigenvalue weighted by Crippen LogP contribution is 2.26. The third-order valence-electron chi connectivity index (χ3n) is 3.70. The van der Waals surface area contributed by atoms with Crippen molar-refractivity contribution >= 4 is 32.4 Å². The lowest BCUT2D eigenvalue weighted by Gasteiger charge is -2.20. The van der Waals surface area contributed by atoms with E-state index in [0.717, 1.165) is 12.0 Å². The molecule has 0 saturated heterocycles. The van der Waals surface area contributed by atoms with Crippen LogP contribution in [-0.2, 0) is 14.8 Å². The van der Waals surface area contributed by atoms with Crippen molar-refractivity contribution in [2.45, 2.75) is 39.7 Å². The van der Waals surface area contributed by atoms with Gasteiger partial charge in [-0.05, 0) is 12.3 Å². The fourth-order valence-corrected chi connectivity index (χ4v) is 4.54. The average Bonchev–Trinajstić information content (AvgIpc) is 3.07. The van der Waals surface area contributed by atoms with Gasteiger partial charge in [-0.1, -0.05) is 68.9 Å². The molecule has 2 rings (SSSR count). The van der Waals surface area contributed by atoms with Gasteiger partial charge in [-0.25, -0.2) is 13.1 Å². The standard InChI is InChI=1S/C17H24N4O3S2/c1-4-5-11-26(23,24)21-14(12(2)3)15(22)18-17-20-19-16(25-17)13-9-7-6-8-10-13/h6-10,12,14,21H,4-5,11H2,1-3H3,(H,18,20,22). The summed E-state index contributed by atoms with van der Waals surface area (Å²) in [5, 5.41) is 11.8. The van der Waals surface area contributed by atoms with E-state index in [1.165, 1.54) is 11.3 Å². The van der Waals surface area contributed by atoms with Crippen LogP contribution in [0.3, 0.4) is 0 Å². The predicted octanol–water partition coefficient (Wildman–Crippen LogP) is 2.89. The molecule has 0 radical (unpaired) electrons. The molecule has 0 aliphatic carbocycles. The fraction of sp³-hybridized carbons (Fsp3) is 0.471. The number of nitrogens with zero attached hydrogens (tertiary/aromatic N) is 2. The van der Waals surface area contributed by atoms with Crippen LogP contribution in [0.5, 0.6) is 0 Å². The molecule has 0 bridgehead atoms.